The van der Waals surface area contributed by atoms with Crippen LogP contribution in [-0.2, 0) is 4.74 Å². The minimum Gasteiger partial charge on any atom is -0.411 e. The molecule has 3 nitrogen and oxygen atoms in total. The van der Waals surface area contributed by atoms with Crippen LogP contribution in [0.5, 0.6) is 0 Å². The van der Waals surface area contributed by atoms with E-state index in [9.17, 15) is 0 Å². The normalized spacial score (nSPS) is 8.38. The maximum absolute atomic E-state index is 7.64. The topological polar surface area (TPSA) is 41.8 Å². The van der Waals surface area contributed by atoms with E-state index in [0.29, 0.717) is 0 Å². The lowest BCUT2D eigenvalue weighted by Crippen LogP contribution is -1.61. The van der Waals surface area contributed by atoms with Gasteiger partial charge in [-0.05, 0) is 6.42 Å². The molecule has 50 valence electrons. The zero-order valence-corrected chi connectivity index (χ0v) is 5.59. The lowest BCUT2D eigenvalue weighted by Gasteiger charge is -1.64. The smallest absolute Gasteiger partial charge is 0.0433 e. The van der Waals surface area contributed by atoms with Crippen molar-refractivity contribution in [2.75, 3.05) is 14.2 Å². The SMILES string of the molecule is CC/C=N/O.COC. The molecule has 0 bridgehead atoms. The van der Waals surface area contributed by atoms with Crippen LogP contribution in [0.1, 0.15) is 13.3 Å². The van der Waals surface area contributed by atoms with Gasteiger partial charge in [0.15, 0.2) is 0 Å². The quantitative estimate of drug-likeness (QED) is 0.319. The van der Waals surface area contributed by atoms with E-state index in [1.54, 1.807) is 14.2 Å². The van der Waals surface area contributed by atoms with Crippen molar-refractivity contribution in [2.45, 2.75) is 13.3 Å². The summed E-state index contributed by atoms with van der Waals surface area (Å²) in [4.78, 5) is 0. The second kappa shape index (κ2) is 16.1. The average molecular weight is 119 g/mol. The molecule has 1 N–H and O–H groups in total. The monoisotopic (exact) mass is 119 g/mol. The molecular weight excluding hydrogens is 106 g/mol. The average Bonchev–Trinajstić information content (AvgIpc) is 1.71. The lowest BCUT2D eigenvalue weighted by molar-refractivity contribution is 0.277. The van der Waals surface area contributed by atoms with Gasteiger partial charge in [0.05, 0.1) is 0 Å². The van der Waals surface area contributed by atoms with Gasteiger partial charge < -0.3 is 9.94 Å². The molecule has 0 radical (unpaired) electrons. The summed E-state index contributed by atoms with van der Waals surface area (Å²) in [5.74, 6) is 0. The fraction of sp³-hybridized carbons (Fsp3) is 0.800. The van der Waals surface area contributed by atoms with E-state index in [0.717, 1.165) is 6.42 Å². The molecule has 0 saturated heterocycles. The Hall–Kier alpha value is -0.570. The van der Waals surface area contributed by atoms with Crippen molar-refractivity contribution in [2.24, 2.45) is 5.16 Å². The van der Waals surface area contributed by atoms with E-state index < -0.39 is 0 Å². The number of nitrogens with zero attached hydrogens (tertiary/aromatic N) is 1. The van der Waals surface area contributed by atoms with Crippen molar-refractivity contribution in [3.63, 3.8) is 0 Å². The third kappa shape index (κ3) is 52.1. The predicted molar refractivity (Wildman–Crippen MR) is 33.5 cm³/mol. The van der Waals surface area contributed by atoms with Crippen LogP contribution in [0.4, 0.5) is 0 Å². The summed E-state index contributed by atoms with van der Waals surface area (Å²) in [7, 11) is 3.25. The van der Waals surface area contributed by atoms with Gasteiger partial charge >= 0.3 is 0 Å². The first-order valence-corrected chi connectivity index (χ1v) is 2.39. The molecule has 0 aromatic carbocycles. The summed E-state index contributed by atoms with van der Waals surface area (Å²) in [6.45, 7) is 1.90. The van der Waals surface area contributed by atoms with Gasteiger partial charge in [0.1, 0.15) is 0 Å². The molecule has 0 fully saturated rings. The highest BCUT2D eigenvalue weighted by Crippen LogP contribution is 1.60. The molecule has 3 heteroatoms. The highest BCUT2D eigenvalue weighted by Gasteiger charge is 1.55. The fourth-order valence-electron chi connectivity index (χ4n) is 0.0816. The van der Waals surface area contributed by atoms with Crippen LogP contribution in [-0.4, -0.2) is 25.6 Å². The number of rotatable bonds is 1. The van der Waals surface area contributed by atoms with E-state index in [-0.39, 0.29) is 0 Å². The summed E-state index contributed by atoms with van der Waals surface area (Å²) < 4.78 is 4.25. The van der Waals surface area contributed by atoms with Gasteiger partial charge in [0, 0.05) is 20.4 Å². The zero-order chi connectivity index (χ0) is 6.83. The van der Waals surface area contributed by atoms with Crippen LogP contribution in [0.25, 0.3) is 0 Å². The largest absolute Gasteiger partial charge is 0.411 e. The van der Waals surface area contributed by atoms with Crippen LogP contribution in [0.3, 0.4) is 0 Å². The maximum Gasteiger partial charge on any atom is 0.0433 e. The predicted octanol–water partition coefficient (Wildman–Crippen LogP) is 1.12. The highest BCUT2D eigenvalue weighted by molar-refractivity contribution is 5.55. The highest BCUT2D eigenvalue weighted by atomic mass is 16.4. The third-order valence-corrected chi connectivity index (χ3v) is 0.264. The molecule has 0 aliphatic carbocycles. The second-order valence-corrected chi connectivity index (χ2v) is 1.11. The van der Waals surface area contributed by atoms with Gasteiger partial charge in [-0.1, -0.05) is 6.92 Å². The second-order valence-electron chi connectivity index (χ2n) is 1.11. The molecule has 0 spiro atoms. The molecule has 0 aliphatic heterocycles. The summed E-state index contributed by atoms with van der Waals surface area (Å²) in [5.41, 5.74) is 0. The molecule has 0 unspecified atom stereocenters. The number of methoxy groups -OCH3 is 1. The van der Waals surface area contributed by atoms with Gasteiger partial charge in [-0.3, -0.25) is 0 Å². The molecule has 8 heavy (non-hydrogen) atoms. The lowest BCUT2D eigenvalue weighted by atomic mass is 10.6. The summed E-state index contributed by atoms with van der Waals surface area (Å²) in [6, 6.07) is 0. The van der Waals surface area contributed by atoms with E-state index in [2.05, 4.69) is 9.89 Å². The molecular formula is C5H13NO2. The molecule has 0 aromatic heterocycles. The number of hydrogen-bond acceptors (Lipinski definition) is 3. The molecule has 0 amide bonds. The molecule has 0 atom stereocenters. The Bertz CT molecular complexity index is 45.7. The first kappa shape index (κ1) is 10.4. The van der Waals surface area contributed by atoms with E-state index in [1.807, 2.05) is 6.92 Å². The van der Waals surface area contributed by atoms with Crippen LogP contribution >= 0.6 is 0 Å². The third-order valence-electron chi connectivity index (χ3n) is 0.264. The Morgan fingerprint density at radius 2 is 2.00 bits per heavy atom. The Morgan fingerprint density at radius 1 is 1.62 bits per heavy atom. The van der Waals surface area contributed by atoms with Gasteiger partial charge in [-0.25, -0.2) is 0 Å². The summed E-state index contributed by atoms with van der Waals surface area (Å²) in [6.07, 6.45) is 2.23. The Labute approximate surface area is 50.0 Å². The minimum atomic E-state index is 0.802. The first-order valence-electron chi connectivity index (χ1n) is 2.39. The van der Waals surface area contributed by atoms with E-state index >= 15 is 0 Å². The van der Waals surface area contributed by atoms with Gasteiger partial charge in [-0.2, -0.15) is 0 Å². The number of ether oxygens (including phenoxy) is 1. The molecule has 0 aliphatic rings. The minimum absolute atomic E-state index is 0.802. The summed E-state index contributed by atoms with van der Waals surface area (Å²) in [5, 5.41) is 10.4. The van der Waals surface area contributed by atoms with E-state index in [1.165, 1.54) is 6.21 Å². The Kier molecular flexibility index (Phi) is 21.0. The molecule has 0 aromatic rings. The van der Waals surface area contributed by atoms with Crippen molar-refractivity contribution in [3.8, 4) is 0 Å². The van der Waals surface area contributed by atoms with Crippen molar-refractivity contribution in [1.82, 2.24) is 0 Å². The number of oxime groups is 1. The molecule has 0 rings (SSSR count). The van der Waals surface area contributed by atoms with Gasteiger partial charge in [-0.15, -0.1) is 5.16 Å². The Morgan fingerprint density at radius 3 is 2.00 bits per heavy atom. The number of hydrogen-bond donors (Lipinski definition) is 1. The van der Waals surface area contributed by atoms with Gasteiger partial charge in [0.2, 0.25) is 0 Å². The fourth-order valence-corrected chi connectivity index (χ4v) is 0.0816. The molecule has 0 saturated carbocycles. The molecule has 0 heterocycles. The van der Waals surface area contributed by atoms with Crippen molar-refractivity contribution < 1.29 is 9.94 Å². The zero-order valence-electron chi connectivity index (χ0n) is 5.59. The van der Waals surface area contributed by atoms with Crippen molar-refractivity contribution >= 4 is 6.21 Å². The van der Waals surface area contributed by atoms with Gasteiger partial charge in [0.25, 0.3) is 0 Å². The van der Waals surface area contributed by atoms with Crippen LogP contribution in [0.15, 0.2) is 5.16 Å². The maximum atomic E-state index is 7.64. The Balaban J connectivity index is 0. The van der Waals surface area contributed by atoms with Crippen molar-refractivity contribution in [1.29, 1.82) is 0 Å². The van der Waals surface area contributed by atoms with Crippen LogP contribution in [0.2, 0.25) is 0 Å². The standard InChI is InChI=1S/C3H7NO.C2H6O/c1-2-3-4-5;1-3-2/h3,5H,2H2,1H3;1-2H3/b4-3+;. The van der Waals surface area contributed by atoms with Crippen LogP contribution < -0.4 is 0 Å². The van der Waals surface area contributed by atoms with Crippen LogP contribution in [0, 0.1) is 0 Å². The summed E-state index contributed by atoms with van der Waals surface area (Å²) >= 11 is 0. The van der Waals surface area contributed by atoms with E-state index in [4.69, 9.17) is 5.21 Å². The first-order chi connectivity index (χ1) is 3.83. The van der Waals surface area contributed by atoms with Crippen molar-refractivity contribution in [3.05, 3.63) is 0 Å².